The predicted octanol–water partition coefficient (Wildman–Crippen LogP) is -1.42. The third-order valence-corrected chi connectivity index (χ3v) is 4.65. The first-order chi connectivity index (χ1) is 8.75. The number of carbonyl (C=O) groups excluding carboxylic acids is 1. The summed E-state index contributed by atoms with van der Waals surface area (Å²) in [4.78, 5) is 23.3. The highest BCUT2D eigenvalue weighted by molar-refractivity contribution is 7.86. The van der Waals surface area contributed by atoms with Crippen molar-refractivity contribution in [3.05, 3.63) is 12.2 Å². The fourth-order valence-corrected chi connectivity index (χ4v) is 2.70. The van der Waals surface area contributed by atoms with Crippen molar-refractivity contribution in [3.8, 4) is 0 Å². The summed E-state index contributed by atoms with van der Waals surface area (Å²) >= 11 is 0. The van der Waals surface area contributed by atoms with Crippen LogP contribution in [0, 0.1) is 0 Å². The van der Waals surface area contributed by atoms with Gasteiger partial charge in [-0.05, 0) is 0 Å². The lowest BCUT2D eigenvalue weighted by Crippen LogP contribution is -2.52. The maximum atomic E-state index is 11.8. The van der Waals surface area contributed by atoms with Crippen molar-refractivity contribution in [1.29, 1.82) is 0 Å². The second kappa shape index (κ2) is 6.13. The predicted molar refractivity (Wildman–Crippen MR) is 67.5 cm³/mol. The molecule has 1 saturated heterocycles. The maximum absolute atomic E-state index is 11.8. The highest BCUT2D eigenvalue weighted by Gasteiger charge is 2.29. The van der Waals surface area contributed by atoms with E-state index in [1.165, 1.54) is 23.3 Å². The summed E-state index contributed by atoms with van der Waals surface area (Å²) in [6.45, 7) is 0.895. The van der Waals surface area contributed by atoms with Crippen LogP contribution in [-0.2, 0) is 19.8 Å². The molecule has 8 nitrogen and oxygen atoms in total. The first-order valence-corrected chi connectivity index (χ1v) is 7.02. The molecule has 1 N–H and O–H groups in total. The third-order valence-electron chi connectivity index (χ3n) is 2.71. The van der Waals surface area contributed by atoms with Gasteiger partial charge in [-0.3, -0.25) is 4.79 Å². The topological polar surface area (TPSA) is 98.2 Å². The lowest BCUT2D eigenvalue weighted by atomic mass is 10.3. The standard InChI is InChI=1S/C10H17N3O5S/c1-11(2)19(17,18)13-7-5-12(6-8-13)9(14)3-4-10(15)16/h3-4H,5-8H2,1-2H3,(H,15,16)/b4-3+. The first-order valence-electron chi connectivity index (χ1n) is 5.62. The van der Waals surface area contributed by atoms with Crippen LogP contribution in [0.3, 0.4) is 0 Å². The second-order valence-corrected chi connectivity index (χ2v) is 6.33. The molecule has 108 valence electrons. The monoisotopic (exact) mass is 291 g/mol. The Labute approximate surface area is 112 Å². The molecule has 0 aromatic rings. The molecule has 1 aliphatic rings. The minimum Gasteiger partial charge on any atom is -0.478 e. The van der Waals surface area contributed by atoms with E-state index >= 15 is 0 Å². The zero-order chi connectivity index (χ0) is 14.6. The highest BCUT2D eigenvalue weighted by Crippen LogP contribution is 2.09. The smallest absolute Gasteiger partial charge is 0.328 e. The van der Waals surface area contributed by atoms with E-state index in [4.69, 9.17) is 5.11 Å². The fraction of sp³-hybridized carbons (Fsp3) is 0.600. The van der Waals surface area contributed by atoms with Crippen LogP contribution in [0.5, 0.6) is 0 Å². The summed E-state index contributed by atoms with van der Waals surface area (Å²) in [5.74, 6) is -1.62. The van der Waals surface area contributed by atoms with Gasteiger partial charge in [0.25, 0.3) is 10.2 Å². The van der Waals surface area contributed by atoms with Crippen molar-refractivity contribution in [2.24, 2.45) is 0 Å². The number of piperazine rings is 1. The van der Waals surface area contributed by atoms with E-state index in [9.17, 15) is 18.0 Å². The minimum atomic E-state index is -3.46. The van der Waals surface area contributed by atoms with Gasteiger partial charge in [0.05, 0.1) is 0 Å². The van der Waals surface area contributed by atoms with Crippen LogP contribution in [0.25, 0.3) is 0 Å². The molecule has 0 aromatic heterocycles. The van der Waals surface area contributed by atoms with Crippen LogP contribution in [0.4, 0.5) is 0 Å². The Morgan fingerprint density at radius 2 is 1.63 bits per heavy atom. The Morgan fingerprint density at radius 3 is 2.05 bits per heavy atom. The van der Waals surface area contributed by atoms with Gasteiger partial charge in [0.1, 0.15) is 0 Å². The number of amides is 1. The Hall–Kier alpha value is -1.45. The maximum Gasteiger partial charge on any atom is 0.328 e. The summed E-state index contributed by atoms with van der Waals surface area (Å²) < 4.78 is 26.1. The second-order valence-electron chi connectivity index (χ2n) is 4.19. The molecule has 0 aromatic carbocycles. The number of carbonyl (C=O) groups is 2. The molecule has 1 aliphatic heterocycles. The molecule has 1 fully saturated rings. The minimum absolute atomic E-state index is 0.202. The summed E-state index contributed by atoms with van der Waals surface area (Å²) in [5, 5.41) is 8.42. The molecule has 0 radical (unpaired) electrons. The molecular weight excluding hydrogens is 274 g/mol. The van der Waals surface area contributed by atoms with E-state index < -0.39 is 22.1 Å². The molecule has 0 bridgehead atoms. The zero-order valence-electron chi connectivity index (χ0n) is 10.8. The van der Waals surface area contributed by atoms with E-state index in [-0.39, 0.29) is 26.2 Å². The van der Waals surface area contributed by atoms with Gasteiger partial charge in [0.2, 0.25) is 5.91 Å². The zero-order valence-corrected chi connectivity index (χ0v) is 11.6. The van der Waals surface area contributed by atoms with Crippen molar-refractivity contribution in [2.45, 2.75) is 0 Å². The Bertz CT molecular complexity index is 477. The van der Waals surface area contributed by atoms with Crippen LogP contribution in [0.2, 0.25) is 0 Å². The summed E-state index contributed by atoms with van der Waals surface area (Å²) in [6, 6.07) is 0. The van der Waals surface area contributed by atoms with Gasteiger partial charge in [-0.25, -0.2) is 4.79 Å². The largest absolute Gasteiger partial charge is 0.478 e. The summed E-state index contributed by atoms with van der Waals surface area (Å²) in [7, 11) is -0.564. The molecule has 0 aliphatic carbocycles. The molecule has 19 heavy (non-hydrogen) atoms. The fourth-order valence-electron chi connectivity index (χ4n) is 1.62. The van der Waals surface area contributed by atoms with Gasteiger partial charge in [-0.1, -0.05) is 0 Å². The SMILES string of the molecule is CN(C)S(=O)(=O)N1CCN(C(=O)/C=C/C(=O)O)CC1. The Kier molecular flexibility index (Phi) is 5.04. The van der Waals surface area contributed by atoms with Crippen LogP contribution in [-0.4, -0.2) is 79.2 Å². The first kappa shape index (κ1) is 15.6. The van der Waals surface area contributed by atoms with Gasteiger partial charge in [-0.2, -0.15) is 17.0 Å². The lowest BCUT2D eigenvalue weighted by Gasteiger charge is -2.34. The van der Waals surface area contributed by atoms with E-state index in [1.54, 1.807) is 0 Å². The van der Waals surface area contributed by atoms with Crippen molar-refractivity contribution in [3.63, 3.8) is 0 Å². The van der Waals surface area contributed by atoms with Gasteiger partial charge in [0, 0.05) is 52.4 Å². The molecule has 9 heteroatoms. The summed E-state index contributed by atoms with van der Waals surface area (Å²) in [5.41, 5.74) is 0. The number of rotatable bonds is 4. The quantitative estimate of drug-likeness (QED) is 0.641. The molecule has 0 atom stereocenters. The average Bonchev–Trinajstić information content (AvgIpc) is 2.35. The number of carboxylic acids is 1. The van der Waals surface area contributed by atoms with Gasteiger partial charge >= 0.3 is 5.97 Å². The number of aliphatic carboxylic acids is 1. The molecule has 0 saturated carbocycles. The number of carboxylic acid groups (broad SMARTS) is 1. The Balaban J connectivity index is 2.59. The normalized spacial score (nSPS) is 18.2. The van der Waals surface area contributed by atoms with Crippen LogP contribution >= 0.6 is 0 Å². The van der Waals surface area contributed by atoms with Gasteiger partial charge in [0.15, 0.2) is 0 Å². The average molecular weight is 291 g/mol. The van der Waals surface area contributed by atoms with E-state index in [1.807, 2.05) is 0 Å². The number of nitrogens with zero attached hydrogens (tertiary/aromatic N) is 3. The van der Waals surface area contributed by atoms with Crippen molar-refractivity contribution in [2.75, 3.05) is 40.3 Å². The Morgan fingerprint density at radius 1 is 1.11 bits per heavy atom. The molecule has 1 rings (SSSR count). The van der Waals surface area contributed by atoms with Crippen molar-refractivity contribution in [1.82, 2.24) is 13.5 Å². The molecule has 0 spiro atoms. The molecular formula is C10H17N3O5S. The third kappa shape index (κ3) is 4.01. The van der Waals surface area contributed by atoms with Gasteiger partial charge in [-0.15, -0.1) is 0 Å². The van der Waals surface area contributed by atoms with E-state index in [2.05, 4.69) is 0 Å². The van der Waals surface area contributed by atoms with Gasteiger partial charge < -0.3 is 10.0 Å². The highest BCUT2D eigenvalue weighted by atomic mass is 32.2. The van der Waals surface area contributed by atoms with E-state index in [0.717, 1.165) is 16.5 Å². The lowest BCUT2D eigenvalue weighted by molar-refractivity contribution is -0.132. The van der Waals surface area contributed by atoms with Crippen LogP contribution in [0.15, 0.2) is 12.2 Å². The summed E-state index contributed by atoms with van der Waals surface area (Å²) in [6.07, 6.45) is 1.74. The van der Waals surface area contributed by atoms with Crippen LogP contribution in [0.1, 0.15) is 0 Å². The molecule has 1 amide bonds. The molecule has 1 heterocycles. The van der Waals surface area contributed by atoms with Crippen molar-refractivity contribution >= 4 is 22.1 Å². The van der Waals surface area contributed by atoms with E-state index in [0.29, 0.717) is 0 Å². The number of hydrogen-bond acceptors (Lipinski definition) is 4. The molecule has 0 unspecified atom stereocenters. The number of hydrogen-bond donors (Lipinski definition) is 1. The van der Waals surface area contributed by atoms with Crippen LogP contribution < -0.4 is 0 Å². The van der Waals surface area contributed by atoms with Crippen molar-refractivity contribution < 1.29 is 23.1 Å².